The Kier molecular flexibility index (Phi) is 5.56. The van der Waals surface area contributed by atoms with Gasteiger partial charge >= 0.3 is 5.97 Å². The summed E-state index contributed by atoms with van der Waals surface area (Å²) in [5.41, 5.74) is 2.23. The minimum absolute atomic E-state index is 0.0584. The van der Waals surface area contributed by atoms with Gasteiger partial charge in [0.1, 0.15) is 5.75 Å². The van der Waals surface area contributed by atoms with Crippen molar-refractivity contribution in [2.75, 3.05) is 25.6 Å². The standard InChI is InChI=1S/C17H19NO5/c1-23-14-5-2-11(3-6-14)12-4-7-15(17(21)22)16(8-12)18-9-13(20)10-19/h2-8,13,18-20H,9-10H2,1H3,(H,21,22). The number of aliphatic hydroxyl groups excluding tert-OH is 2. The fraction of sp³-hybridized carbons (Fsp3) is 0.235. The molecule has 0 radical (unpaired) electrons. The highest BCUT2D eigenvalue weighted by atomic mass is 16.5. The van der Waals surface area contributed by atoms with Crippen LogP contribution in [0.4, 0.5) is 5.69 Å². The van der Waals surface area contributed by atoms with Crippen molar-refractivity contribution in [1.29, 1.82) is 0 Å². The van der Waals surface area contributed by atoms with Crippen LogP contribution in [-0.2, 0) is 0 Å². The highest BCUT2D eigenvalue weighted by Crippen LogP contribution is 2.27. The predicted octanol–water partition coefficient (Wildman–Crippen LogP) is 1.83. The Balaban J connectivity index is 2.32. The lowest BCUT2D eigenvalue weighted by Gasteiger charge is -2.14. The number of carboxylic acids is 1. The minimum atomic E-state index is -1.06. The zero-order valence-corrected chi connectivity index (χ0v) is 12.7. The first-order chi connectivity index (χ1) is 11.0. The topological polar surface area (TPSA) is 99.0 Å². The van der Waals surface area contributed by atoms with Gasteiger partial charge in [0.25, 0.3) is 0 Å². The van der Waals surface area contributed by atoms with Crippen LogP contribution in [0.5, 0.6) is 5.75 Å². The number of anilines is 1. The number of methoxy groups -OCH3 is 1. The average Bonchev–Trinajstić information content (AvgIpc) is 2.59. The highest BCUT2D eigenvalue weighted by molar-refractivity contribution is 5.95. The molecule has 0 aliphatic carbocycles. The number of benzene rings is 2. The molecule has 2 aromatic carbocycles. The third-order valence-corrected chi connectivity index (χ3v) is 3.41. The molecule has 6 heteroatoms. The Labute approximate surface area is 134 Å². The van der Waals surface area contributed by atoms with E-state index >= 15 is 0 Å². The highest BCUT2D eigenvalue weighted by Gasteiger charge is 2.12. The number of carbonyl (C=O) groups is 1. The van der Waals surface area contributed by atoms with E-state index in [1.807, 2.05) is 24.3 Å². The predicted molar refractivity (Wildman–Crippen MR) is 87.0 cm³/mol. The lowest BCUT2D eigenvalue weighted by molar-refractivity contribution is 0.0697. The van der Waals surface area contributed by atoms with Crippen molar-refractivity contribution in [3.8, 4) is 16.9 Å². The monoisotopic (exact) mass is 317 g/mol. The molecular formula is C17H19NO5. The summed E-state index contributed by atoms with van der Waals surface area (Å²) in [6, 6.07) is 12.3. The Morgan fingerprint density at radius 3 is 2.39 bits per heavy atom. The second kappa shape index (κ2) is 7.62. The molecule has 2 rings (SSSR count). The molecule has 0 amide bonds. The second-order valence-corrected chi connectivity index (χ2v) is 5.01. The van der Waals surface area contributed by atoms with Crippen molar-refractivity contribution in [3.63, 3.8) is 0 Å². The van der Waals surface area contributed by atoms with Crippen LogP contribution in [0.15, 0.2) is 42.5 Å². The van der Waals surface area contributed by atoms with Crippen LogP contribution in [0.25, 0.3) is 11.1 Å². The number of carboxylic acid groups (broad SMARTS) is 1. The number of hydrogen-bond acceptors (Lipinski definition) is 5. The molecule has 1 unspecified atom stereocenters. The van der Waals surface area contributed by atoms with Gasteiger partial charge in [-0.05, 0) is 35.4 Å². The molecule has 6 nitrogen and oxygen atoms in total. The molecule has 0 saturated heterocycles. The molecule has 0 bridgehead atoms. The number of aliphatic hydroxyl groups is 2. The molecular weight excluding hydrogens is 298 g/mol. The van der Waals surface area contributed by atoms with Gasteiger partial charge in [0.05, 0.1) is 25.4 Å². The maximum absolute atomic E-state index is 11.3. The van der Waals surface area contributed by atoms with Crippen molar-refractivity contribution < 1.29 is 24.9 Å². The van der Waals surface area contributed by atoms with Gasteiger partial charge in [0.2, 0.25) is 0 Å². The zero-order chi connectivity index (χ0) is 16.8. The van der Waals surface area contributed by atoms with Gasteiger partial charge in [0, 0.05) is 12.2 Å². The largest absolute Gasteiger partial charge is 0.497 e. The summed E-state index contributed by atoms with van der Waals surface area (Å²) in [7, 11) is 1.59. The first-order valence-electron chi connectivity index (χ1n) is 7.09. The molecule has 0 saturated carbocycles. The van der Waals surface area contributed by atoms with Crippen LogP contribution in [0, 0.1) is 0 Å². The van der Waals surface area contributed by atoms with E-state index in [0.29, 0.717) is 5.69 Å². The van der Waals surface area contributed by atoms with Gasteiger partial charge in [-0.15, -0.1) is 0 Å². The summed E-state index contributed by atoms with van der Waals surface area (Å²) < 4.78 is 5.12. The Hall–Kier alpha value is -2.57. The maximum atomic E-state index is 11.3. The fourth-order valence-electron chi connectivity index (χ4n) is 2.13. The van der Waals surface area contributed by atoms with Gasteiger partial charge in [-0.1, -0.05) is 18.2 Å². The first kappa shape index (κ1) is 16.8. The molecule has 23 heavy (non-hydrogen) atoms. The van der Waals surface area contributed by atoms with E-state index in [1.165, 1.54) is 6.07 Å². The molecule has 0 aliphatic rings. The van der Waals surface area contributed by atoms with Gasteiger partial charge in [-0.2, -0.15) is 0 Å². The van der Waals surface area contributed by atoms with Crippen molar-refractivity contribution in [3.05, 3.63) is 48.0 Å². The molecule has 2 aromatic rings. The van der Waals surface area contributed by atoms with Crippen LogP contribution >= 0.6 is 0 Å². The summed E-state index contributed by atoms with van der Waals surface area (Å²) in [5, 5.41) is 30.4. The van der Waals surface area contributed by atoms with Crippen LogP contribution in [0.1, 0.15) is 10.4 Å². The first-order valence-corrected chi connectivity index (χ1v) is 7.09. The van der Waals surface area contributed by atoms with Crippen LogP contribution in [0.2, 0.25) is 0 Å². The van der Waals surface area contributed by atoms with E-state index in [9.17, 15) is 15.0 Å². The van der Waals surface area contributed by atoms with Crippen LogP contribution < -0.4 is 10.1 Å². The lowest BCUT2D eigenvalue weighted by Crippen LogP contribution is -2.23. The van der Waals surface area contributed by atoms with Crippen molar-refractivity contribution in [1.82, 2.24) is 0 Å². The average molecular weight is 317 g/mol. The molecule has 122 valence electrons. The van der Waals surface area contributed by atoms with E-state index in [0.717, 1.165) is 16.9 Å². The number of nitrogens with one attached hydrogen (secondary N) is 1. The summed E-state index contributed by atoms with van der Waals surface area (Å²) in [5.74, 6) is -0.326. The molecule has 0 fully saturated rings. The van der Waals surface area contributed by atoms with E-state index in [2.05, 4.69) is 5.32 Å². The Morgan fingerprint density at radius 2 is 1.83 bits per heavy atom. The molecule has 0 aromatic heterocycles. The maximum Gasteiger partial charge on any atom is 0.337 e. The third kappa shape index (κ3) is 4.21. The van der Waals surface area contributed by atoms with Crippen LogP contribution in [-0.4, -0.2) is 47.7 Å². The summed E-state index contributed by atoms with van der Waals surface area (Å²) >= 11 is 0. The zero-order valence-electron chi connectivity index (χ0n) is 12.7. The Morgan fingerprint density at radius 1 is 1.17 bits per heavy atom. The van der Waals surface area contributed by atoms with Gasteiger partial charge in [0.15, 0.2) is 0 Å². The second-order valence-electron chi connectivity index (χ2n) is 5.01. The van der Waals surface area contributed by atoms with Crippen molar-refractivity contribution in [2.24, 2.45) is 0 Å². The lowest BCUT2D eigenvalue weighted by atomic mass is 10.0. The van der Waals surface area contributed by atoms with Gasteiger partial charge in [-0.3, -0.25) is 0 Å². The van der Waals surface area contributed by atoms with Crippen LogP contribution in [0.3, 0.4) is 0 Å². The molecule has 4 N–H and O–H groups in total. The van der Waals surface area contributed by atoms with Gasteiger partial charge < -0.3 is 25.4 Å². The van der Waals surface area contributed by atoms with E-state index in [1.54, 1.807) is 19.2 Å². The smallest absolute Gasteiger partial charge is 0.337 e. The normalized spacial score (nSPS) is 11.8. The number of aromatic carboxylic acids is 1. The number of rotatable bonds is 7. The van der Waals surface area contributed by atoms with E-state index in [4.69, 9.17) is 9.84 Å². The third-order valence-electron chi connectivity index (χ3n) is 3.41. The minimum Gasteiger partial charge on any atom is -0.497 e. The van der Waals surface area contributed by atoms with E-state index < -0.39 is 18.7 Å². The summed E-state index contributed by atoms with van der Waals surface area (Å²) in [6.45, 7) is -0.337. The summed E-state index contributed by atoms with van der Waals surface area (Å²) in [4.78, 5) is 11.3. The van der Waals surface area contributed by atoms with Crippen molar-refractivity contribution in [2.45, 2.75) is 6.10 Å². The van der Waals surface area contributed by atoms with Gasteiger partial charge in [-0.25, -0.2) is 4.79 Å². The fourth-order valence-corrected chi connectivity index (χ4v) is 2.13. The number of ether oxygens (including phenoxy) is 1. The quantitative estimate of drug-likeness (QED) is 0.622. The molecule has 0 heterocycles. The van der Waals surface area contributed by atoms with Crippen molar-refractivity contribution >= 4 is 11.7 Å². The Bertz CT molecular complexity index is 669. The molecule has 0 spiro atoms. The van der Waals surface area contributed by atoms with E-state index in [-0.39, 0.29) is 12.1 Å². The SMILES string of the molecule is COc1ccc(-c2ccc(C(=O)O)c(NCC(O)CO)c2)cc1. The molecule has 1 atom stereocenters. The molecule has 0 aliphatic heterocycles. The summed E-state index contributed by atoms with van der Waals surface area (Å²) in [6.07, 6.45) is -0.957. The number of hydrogen-bond donors (Lipinski definition) is 4.